The van der Waals surface area contributed by atoms with Crippen molar-refractivity contribution < 1.29 is 18.4 Å². The van der Waals surface area contributed by atoms with E-state index in [1.54, 1.807) is 0 Å². The molecule has 0 fully saturated rings. The average Bonchev–Trinajstić information content (AvgIpc) is 2.46. The van der Waals surface area contributed by atoms with E-state index in [1.807, 2.05) is 0 Å². The number of nitrogens with zero attached hydrogens (tertiary/aromatic N) is 1. The molecule has 0 bridgehead atoms. The monoisotopic (exact) mass is 455 g/mol. The molecule has 0 aliphatic heterocycles. The van der Waals surface area contributed by atoms with Crippen LogP contribution >= 0.6 is 43.5 Å². The summed E-state index contributed by atoms with van der Waals surface area (Å²) in [4.78, 5) is 10.1. The van der Waals surface area contributed by atoms with Crippen LogP contribution in [0.5, 0.6) is 11.5 Å². The molecule has 0 amide bonds. The van der Waals surface area contributed by atoms with Gasteiger partial charge in [-0.2, -0.15) is 0 Å². The number of rotatable bonds is 4. The highest BCUT2D eigenvalue weighted by molar-refractivity contribution is 9.10. The van der Waals surface area contributed by atoms with E-state index in [2.05, 4.69) is 31.9 Å². The van der Waals surface area contributed by atoms with Crippen LogP contribution in [0.15, 0.2) is 28.7 Å². The van der Waals surface area contributed by atoms with Gasteiger partial charge in [0.05, 0.1) is 20.5 Å². The molecular weight excluding hydrogens is 451 g/mol. The second-order valence-electron chi connectivity index (χ2n) is 4.08. The smallest absolute Gasteiger partial charge is 0.314 e. The zero-order chi connectivity index (χ0) is 16.4. The fourth-order valence-corrected chi connectivity index (χ4v) is 2.56. The molecule has 0 spiro atoms. The number of benzene rings is 2. The second kappa shape index (κ2) is 6.89. The highest BCUT2D eigenvalue weighted by atomic mass is 79.9. The summed E-state index contributed by atoms with van der Waals surface area (Å²) < 4.78 is 32.8. The first kappa shape index (κ1) is 17.1. The van der Waals surface area contributed by atoms with Crippen LogP contribution in [0.25, 0.3) is 0 Å². The van der Waals surface area contributed by atoms with Crippen molar-refractivity contribution in [3.8, 4) is 11.5 Å². The summed E-state index contributed by atoms with van der Waals surface area (Å²) in [5.74, 6) is -2.27. The minimum absolute atomic E-state index is 0.0544. The molecule has 0 aromatic heterocycles. The number of hydrogen-bond donors (Lipinski definition) is 0. The first-order valence-electron chi connectivity index (χ1n) is 5.69. The maximum Gasteiger partial charge on any atom is 0.314 e. The molecule has 0 heterocycles. The fraction of sp³-hybridized carbons (Fsp3) is 0.0769. The molecule has 0 saturated carbocycles. The third-order valence-electron chi connectivity index (χ3n) is 2.68. The Morgan fingerprint density at radius 2 is 2.00 bits per heavy atom. The molecule has 22 heavy (non-hydrogen) atoms. The quantitative estimate of drug-likeness (QED) is 0.323. The van der Waals surface area contributed by atoms with E-state index in [0.717, 1.165) is 6.07 Å². The summed E-state index contributed by atoms with van der Waals surface area (Å²) in [6.07, 6.45) is 0. The lowest BCUT2D eigenvalue weighted by Crippen LogP contribution is -1.98. The van der Waals surface area contributed by atoms with E-state index in [1.165, 1.54) is 12.1 Å². The molecule has 0 aliphatic rings. The summed E-state index contributed by atoms with van der Waals surface area (Å²) in [5.41, 5.74) is -0.372. The van der Waals surface area contributed by atoms with Crippen molar-refractivity contribution in [2.45, 2.75) is 5.33 Å². The number of halogens is 5. The van der Waals surface area contributed by atoms with Crippen molar-refractivity contribution in [3.05, 3.63) is 61.1 Å². The van der Waals surface area contributed by atoms with Gasteiger partial charge in [0.2, 0.25) is 5.75 Å². The van der Waals surface area contributed by atoms with Crippen LogP contribution in [-0.2, 0) is 5.33 Å². The van der Waals surface area contributed by atoms with Crippen molar-refractivity contribution in [2.24, 2.45) is 0 Å². The molecule has 2 aromatic rings. The summed E-state index contributed by atoms with van der Waals surface area (Å²) in [7, 11) is 0. The normalized spacial score (nSPS) is 10.6. The van der Waals surface area contributed by atoms with Gasteiger partial charge in [0, 0.05) is 17.0 Å². The number of nitro benzene ring substituents is 1. The second-order valence-corrected chi connectivity index (χ2v) is 5.90. The average molecular weight is 457 g/mol. The molecule has 0 saturated heterocycles. The summed E-state index contributed by atoms with van der Waals surface area (Å²) in [6.45, 7) is 0. The lowest BCUT2D eigenvalue weighted by atomic mass is 10.2. The largest absolute Gasteiger partial charge is 0.445 e. The molecule has 0 aliphatic carbocycles. The Morgan fingerprint density at radius 3 is 2.59 bits per heavy atom. The number of ether oxygens (including phenoxy) is 1. The van der Waals surface area contributed by atoms with Crippen molar-refractivity contribution in [2.75, 3.05) is 0 Å². The van der Waals surface area contributed by atoms with Crippen LogP contribution in [-0.4, -0.2) is 4.92 Å². The minimum Gasteiger partial charge on any atom is -0.445 e. The molecule has 0 radical (unpaired) electrons. The zero-order valence-electron chi connectivity index (χ0n) is 10.6. The molecule has 0 unspecified atom stereocenters. The molecule has 116 valence electrons. The lowest BCUT2D eigenvalue weighted by molar-refractivity contribution is -0.385. The van der Waals surface area contributed by atoms with Crippen molar-refractivity contribution in [1.29, 1.82) is 0 Å². The lowest BCUT2D eigenvalue weighted by Gasteiger charge is -2.11. The van der Waals surface area contributed by atoms with Crippen molar-refractivity contribution in [3.63, 3.8) is 0 Å². The summed E-state index contributed by atoms with van der Waals surface area (Å²) in [5, 5.41) is 11.1. The topological polar surface area (TPSA) is 52.4 Å². The van der Waals surface area contributed by atoms with Crippen LogP contribution in [0, 0.1) is 21.7 Å². The standard InChI is InChI=1S/C13H6Br2ClF2NO3/c14-5-6-1-2-8(16)13(12(6)18)22-11-3-7(15)9(17)4-10(11)19(20)21/h1-4H,5H2. The van der Waals surface area contributed by atoms with Gasteiger partial charge in [-0.25, -0.2) is 8.78 Å². The van der Waals surface area contributed by atoms with E-state index in [0.29, 0.717) is 6.07 Å². The van der Waals surface area contributed by atoms with Gasteiger partial charge >= 0.3 is 5.69 Å². The Morgan fingerprint density at radius 1 is 1.32 bits per heavy atom. The van der Waals surface area contributed by atoms with Crippen LogP contribution in [0.1, 0.15) is 5.56 Å². The third kappa shape index (κ3) is 3.39. The number of alkyl halides is 1. The maximum atomic E-state index is 14.2. The Hall–Kier alpha value is -1.25. The molecule has 0 N–H and O–H groups in total. The maximum absolute atomic E-state index is 14.2. The molecule has 2 rings (SSSR count). The first-order chi connectivity index (χ1) is 10.3. The van der Waals surface area contributed by atoms with Crippen LogP contribution in [0.3, 0.4) is 0 Å². The predicted molar refractivity (Wildman–Crippen MR) is 84.9 cm³/mol. The molecule has 9 heteroatoms. The van der Waals surface area contributed by atoms with E-state index in [9.17, 15) is 18.9 Å². The first-order valence-corrected chi connectivity index (χ1v) is 7.98. The van der Waals surface area contributed by atoms with Gasteiger partial charge in [-0.1, -0.05) is 33.6 Å². The van der Waals surface area contributed by atoms with Gasteiger partial charge < -0.3 is 4.74 Å². The predicted octanol–water partition coefficient (Wildman–Crippen LogP) is 5.98. The zero-order valence-corrected chi connectivity index (χ0v) is 14.5. The van der Waals surface area contributed by atoms with Gasteiger partial charge in [-0.05, 0) is 22.0 Å². The highest BCUT2D eigenvalue weighted by Crippen LogP contribution is 2.40. The number of nitro groups is 1. The SMILES string of the molecule is O=[N+]([O-])c1cc(F)c(Br)cc1Oc1c(Cl)ccc(CBr)c1F. The molecular formula is C13H6Br2ClF2NO3. The van der Waals surface area contributed by atoms with E-state index < -0.39 is 22.2 Å². The van der Waals surface area contributed by atoms with E-state index in [4.69, 9.17) is 16.3 Å². The minimum atomic E-state index is -0.833. The third-order valence-corrected chi connectivity index (χ3v) is 4.19. The van der Waals surface area contributed by atoms with Gasteiger partial charge in [0.15, 0.2) is 11.6 Å². The summed E-state index contributed by atoms with van der Waals surface area (Å²) in [6, 6.07) is 4.58. The Labute approximate surface area is 145 Å². The van der Waals surface area contributed by atoms with Gasteiger partial charge in [0.25, 0.3) is 0 Å². The van der Waals surface area contributed by atoms with Crippen LogP contribution in [0.4, 0.5) is 14.5 Å². The molecule has 0 atom stereocenters. The Balaban J connectivity index is 2.56. The van der Waals surface area contributed by atoms with Gasteiger partial charge in [-0.15, -0.1) is 0 Å². The van der Waals surface area contributed by atoms with Crippen LogP contribution in [0.2, 0.25) is 5.02 Å². The molecule has 4 nitrogen and oxygen atoms in total. The van der Waals surface area contributed by atoms with Crippen molar-refractivity contribution >= 4 is 49.1 Å². The van der Waals surface area contributed by atoms with E-state index in [-0.39, 0.29) is 31.9 Å². The van der Waals surface area contributed by atoms with Crippen LogP contribution < -0.4 is 4.74 Å². The summed E-state index contributed by atoms with van der Waals surface area (Å²) >= 11 is 11.9. The van der Waals surface area contributed by atoms with Crippen molar-refractivity contribution in [1.82, 2.24) is 0 Å². The fourth-order valence-electron chi connectivity index (χ4n) is 1.62. The van der Waals surface area contributed by atoms with Gasteiger partial charge in [0.1, 0.15) is 5.82 Å². The Bertz CT molecular complexity index is 759. The number of hydrogen-bond acceptors (Lipinski definition) is 3. The van der Waals surface area contributed by atoms with Gasteiger partial charge in [-0.3, -0.25) is 10.1 Å². The molecule has 2 aromatic carbocycles. The Kier molecular flexibility index (Phi) is 5.36. The highest BCUT2D eigenvalue weighted by Gasteiger charge is 2.23. The van der Waals surface area contributed by atoms with E-state index >= 15 is 0 Å².